The van der Waals surface area contributed by atoms with Crippen molar-refractivity contribution in [1.29, 1.82) is 0 Å². The molecule has 0 aliphatic carbocycles. The van der Waals surface area contributed by atoms with Crippen molar-refractivity contribution < 1.29 is 23.1 Å². The summed E-state index contributed by atoms with van der Waals surface area (Å²) in [6.07, 6.45) is 3.21. The van der Waals surface area contributed by atoms with Crippen molar-refractivity contribution in [2.24, 2.45) is 0 Å². The van der Waals surface area contributed by atoms with Gasteiger partial charge in [-0.25, -0.2) is 8.78 Å². The Morgan fingerprint density at radius 2 is 1.87 bits per heavy atom. The first-order valence-corrected chi connectivity index (χ1v) is 7.68. The summed E-state index contributed by atoms with van der Waals surface area (Å²) in [5, 5.41) is 5.02. The average Bonchev–Trinajstić information content (AvgIpc) is 3.03. The van der Waals surface area contributed by atoms with Gasteiger partial charge in [0.15, 0.2) is 0 Å². The third-order valence-corrected chi connectivity index (χ3v) is 3.64. The number of carbonyl (C=O) groups is 2. The number of amides is 2. The summed E-state index contributed by atoms with van der Waals surface area (Å²) < 4.78 is 32.2. The zero-order chi connectivity index (χ0) is 16.7. The molecule has 0 saturated carbocycles. The van der Waals surface area contributed by atoms with Gasteiger partial charge in [0.1, 0.15) is 17.2 Å². The van der Waals surface area contributed by atoms with Crippen molar-refractivity contribution in [2.45, 2.75) is 31.8 Å². The highest BCUT2D eigenvalue weighted by Gasteiger charge is 2.17. The molecule has 7 heteroatoms. The number of benzene rings is 1. The van der Waals surface area contributed by atoms with Crippen LogP contribution in [-0.4, -0.2) is 37.6 Å². The van der Waals surface area contributed by atoms with E-state index in [1.807, 2.05) is 0 Å². The Morgan fingerprint density at radius 1 is 1.17 bits per heavy atom. The van der Waals surface area contributed by atoms with Crippen LogP contribution in [0, 0.1) is 11.6 Å². The molecular weight excluding hydrogens is 306 g/mol. The largest absolute Gasteiger partial charge is 0.378 e. The molecule has 126 valence electrons. The highest BCUT2D eigenvalue weighted by molar-refractivity contribution is 5.94. The number of carbonyl (C=O) groups excluding carboxylic acids is 2. The van der Waals surface area contributed by atoms with E-state index in [0.717, 1.165) is 31.6 Å². The molecule has 0 bridgehead atoms. The normalized spacial score (nSPS) is 17.0. The highest BCUT2D eigenvalue weighted by Crippen LogP contribution is 2.16. The van der Waals surface area contributed by atoms with Crippen LogP contribution in [-0.2, 0) is 9.53 Å². The van der Waals surface area contributed by atoms with E-state index in [1.54, 1.807) is 0 Å². The second kappa shape index (κ2) is 8.57. The Bertz CT molecular complexity index is 540. The first kappa shape index (κ1) is 17.3. The van der Waals surface area contributed by atoms with Gasteiger partial charge in [-0.1, -0.05) is 6.07 Å². The van der Waals surface area contributed by atoms with Crippen LogP contribution >= 0.6 is 0 Å². The molecular formula is C16H20F2N2O3. The van der Waals surface area contributed by atoms with E-state index in [0.29, 0.717) is 12.8 Å². The number of halogens is 2. The van der Waals surface area contributed by atoms with Gasteiger partial charge in [-0.05, 0) is 31.4 Å². The Kier molecular flexibility index (Phi) is 6.46. The third-order valence-electron chi connectivity index (χ3n) is 3.64. The Balaban J connectivity index is 1.64. The molecule has 1 atom stereocenters. The first-order chi connectivity index (χ1) is 11.1. The molecule has 1 aromatic rings. The van der Waals surface area contributed by atoms with Crippen LogP contribution in [0.2, 0.25) is 0 Å². The molecule has 1 aliphatic heterocycles. The molecule has 0 radical (unpaired) electrons. The summed E-state index contributed by atoms with van der Waals surface area (Å²) in [6.45, 7) is 1.05. The third kappa shape index (κ3) is 5.28. The zero-order valence-corrected chi connectivity index (χ0v) is 12.7. The molecule has 2 rings (SSSR count). The second-order valence-corrected chi connectivity index (χ2v) is 5.38. The predicted octanol–water partition coefficient (Wildman–Crippen LogP) is 1.77. The minimum atomic E-state index is -0.914. The maximum absolute atomic E-state index is 13.4. The van der Waals surface area contributed by atoms with Crippen molar-refractivity contribution >= 4 is 11.8 Å². The van der Waals surface area contributed by atoms with Crippen LogP contribution < -0.4 is 10.6 Å². The minimum absolute atomic E-state index is 0.0955. The fourth-order valence-electron chi connectivity index (χ4n) is 2.43. The maximum atomic E-state index is 13.4. The van der Waals surface area contributed by atoms with E-state index in [9.17, 15) is 18.4 Å². The maximum Gasteiger partial charge on any atom is 0.257 e. The number of rotatable bonds is 7. The fraction of sp³-hybridized carbons (Fsp3) is 0.500. The zero-order valence-electron chi connectivity index (χ0n) is 12.7. The standard InChI is InChI=1S/C16H20F2N2O3/c17-12-4-1-5-13(18)15(12)16(22)20-9-8-19-14(21)7-6-11-3-2-10-23-11/h1,4-5,11H,2-3,6-10H2,(H,19,21)(H,20,22)/t11-/m1/s1. The summed E-state index contributed by atoms with van der Waals surface area (Å²) >= 11 is 0. The van der Waals surface area contributed by atoms with Crippen molar-refractivity contribution in [2.75, 3.05) is 19.7 Å². The highest BCUT2D eigenvalue weighted by atomic mass is 19.1. The molecule has 2 amide bonds. The molecule has 1 saturated heterocycles. The van der Waals surface area contributed by atoms with E-state index in [4.69, 9.17) is 4.74 Å². The molecule has 1 fully saturated rings. The summed E-state index contributed by atoms with van der Waals surface area (Å²) in [4.78, 5) is 23.3. The minimum Gasteiger partial charge on any atom is -0.378 e. The second-order valence-electron chi connectivity index (χ2n) is 5.38. The van der Waals surface area contributed by atoms with Gasteiger partial charge in [0.25, 0.3) is 5.91 Å². The Labute approximate surface area is 133 Å². The predicted molar refractivity (Wildman–Crippen MR) is 79.9 cm³/mol. The van der Waals surface area contributed by atoms with Gasteiger partial charge in [-0.15, -0.1) is 0 Å². The van der Waals surface area contributed by atoms with Gasteiger partial charge in [-0.2, -0.15) is 0 Å². The molecule has 2 N–H and O–H groups in total. The topological polar surface area (TPSA) is 67.4 Å². The monoisotopic (exact) mass is 326 g/mol. The van der Waals surface area contributed by atoms with E-state index < -0.39 is 23.1 Å². The van der Waals surface area contributed by atoms with Crippen LogP contribution in [0.25, 0.3) is 0 Å². The Hall–Kier alpha value is -2.02. The molecule has 0 spiro atoms. The van der Waals surface area contributed by atoms with Crippen molar-refractivity contribution in [3.63, 3.8) is 0 Å². The van der Waals surface area contributed by atoms with Crippen molar-refractivity contribution in [1.82, 2.24) is 10.6 Å². The lowest BCUT2D eigenvalue weighted by atomic mass is 10.1. The van der Waals surface area contributed by atoms with E-state index in [1.165, 1.54) is 6.07 Å². The van der Waals surface area contributed by atoms with Crippen LogP contribution in [0.1, 0.15) is 36.0 Å². The molecule has 1 heterocycles. The summed E-state index contributed by atoms with van der Waals surface area (Å²) in [6, 6.07) is 3.23. The lowest BCUT2D eigenvalue weighted by Crippen LogP contribution is -2.35. The van der Waals surface area contributed by atoms with Gasteiger partial charge >= 0.3 is 0 Å². The van der Waals surface area contributed by atoms with E-state index >= 15 is 0 Å². The number of hydrogen-bond donors (Lipinski definition) is 2. The number of hydrogen-bond acceptors (Lipinski definition) is 3. The van der Waals surface area contributed by atoms with Gasteiger partial charge in [0.05, 0.1) is 6.10 Å². The first-order valence-electron chi connectivity index (χ1n) is 7.68. The number of ether oxygens (including phenoxy) is 1. The molecule has 0 unspecified atom stereocenters. The molecule has 1 aromatic carbocycles. The summed E-state index contributed by atoms with van der Waals surface area (Å²) in [5.74, 6) is -2.80. The smallest absolute Gasteiger partial charge is 0.257 e. The number of nitrogens with one attached hydrogen (secondary N) is 2. The lowest BCUT2D eigenvalue weighted by Gasteiger charge is -2.10. The van der Waals surface area contributed by atoms with E-state index in [-0.39, 0.29) is 25.1 Å². The summed E-state index contributed by atoms with van der Waals surface area (Å²) in [7, 11) is 0. The van der Waals surface area contributed by atoms with Gasteiger partial charge in [0, 0.05) is 26.1 Å². The van der Waals surface area contributed by atoms with Gasteiger partial charge < -0.3 is 15.4 Å². The summed E-state index contributed by atoms with van der Waals surface area (Å²) in [5.41, 5.74) is -0.614. The quantitative estimate of drug-likeness (QED) is 0.751. The van der Waals surface area contributed by atoms with Crippen LogP contribution in [0.15, 0.2) is 18.2 Å². The molecule has 1 aliphatic rings. The van der Waals surface area contributed by atoms with E-state index in [2.05, 4.69) is 10.6 Å². The Morgan fingerprint density at radius 3 is 2.52 bits per heavy atom. The van der Waals surface area contributed by atoms with Crippen LogP contribution in [0.5, 0.6) is 0 Å². The van der Waals surface area contributed by atoms with Gasteiger partial charge in [0.2, 0.25) is 5.91 Å². The SMILES string of the molecule is O=C(CC[C@H]1CCCO1)NCCNC(=O)c1c(F)cccc1F. The van der Waals surface area contributed by atoms with Crippen molar-refractivity contribution in [3.8, 4) is 0 Å². The van der Waals surface area contributed by atoms with Crippen molar-refractivity contribution in [3.05, 3.63) is 35.4 Å². The molecule has 5 nitrogen and oxygen atoms in total. The fourth-order valence-corrected chi connectivity index (χ4v) is 2.43. The lowest BCUT2D eigenvalue weighted by molar-refractivity contribution is -0.121. The van der Waals surface area contributed by atoms with Gasteiger partial charge in [-0.3, -0.25) is 9.59 Å². The molecule has 23 heavy (non-hydrogen) atoms. The van der Waals surface area contributed by atoms with Crippen LogP contribution in [0.4, 0.5) is 8.78 Å². The molecule has 0 aromatic heterocycles. The average molecular weight is 326 g/mol. The van der Waals surface area contributed by atoms with Crippen LogP contribution in [0.3, 0.4) is 0 Å².